The average molecular weight is 315 g/mol. The Morgan fingerprint density at radius 2 is 2.17 bits per heavy atom. The zero-order valence-corrected chi connectivity index (χ0v) is 13.4. The molecule has 1 saturated heterocycles. The number of carbonyl (C=O) groups is 2. The molecule has 1 fully saturated rings. The van der Waals surface area contributed by atoms with Crippen molar-refractivity contribution in [3.63, 3.8) is 0 Å². The molecule has 5 nitrogen and oxygen atoms in total. The van der Waals surface area contributed by atoms with E-state index < -0.39 is 5.97 Å². The Balaban J connectivity index is 1.85. The van der Waals surface area contributed by atoms with Crippen molar-refractivity contribution in [3.05, 3.63) is 35.6 Å². The third-order valence-electron chi connectivity index (χ3n) is 4.79. The van der Waals surface area contributed by atoms with E-state index in [9.17, 15) is 14.7 Å². The summed E-state index contributed by atoms with van der Waals surface area (Å²) in [6.07, 6.45) is 2.91. The summed E-state index contributed by atoms with van der Waals surface area (Å²) in [5, 5.41) is 10.0. The summed E-state index contributed by atoms with van der Waals surface area (Å²) in [4.78, 5) is 25.8. The van der Waals surface area contributed by atoms with Crippen LogP contribution in [0.25, 0.3) is 11.0 Å². The van der Waals surface area contributed by atoms with E-state index in [0.29, 0.717) is 30.7 Å². The number of carboxylic acid groups (broad SMARTS) is 1. The molecule has 1 aromatic heterocycles. The first-order valence-corrected chi connectivity index (χ1v) is 8.03. The number of likely N-dealkylation sites (tertiary alicyclic amines) is 1. The maximum Gasteiger partial charge on any atom is 0.306 e. The van der Waals surface area contributed by atoms with Gasteiger partial charge < -0.3 is 14.4 Å². The van der Waals surface area contributed by atoms with Gasteiger partial charge in [-0.05, 0) is 36.5 Å². The molecule has 2 atom stereocenters. The molecule has 1 amide bonds. The van der Waals surface area contributed by atoms with E-state index >= 15 is 0 Å². The number of furan rings is 1. The molecule has 0 radical (unpaired) electrons. The average Bonchev–Trinajstić information content (AvgIpc) is 2.96. The first kappa shape index (κ1) is 15.6. The minimum Gasteiger partial charge on any atom is -0.481 e. The van der Waals surface area contributed by atoms with Crippen LogP contribution in [0, 0.1) is 11.8 Å². The normalized spacial score (nSPS) is 21.6. The van der Waals surface area contributed by atoms with Crippen LogP contribution in [0.4, 0.5) is 0 Å². The summed E-state index contributed by atoms with van der Waals surface area (Å²) in [6.45, 7) is 4.90. The lowest BCUT2D eigenvalue weighted by Crippen LogP contribution is -2.44. The summed E-state index contributed by atoms with van der Waals surface area (Å²) >= 11 is 0. The van der Waals surface area contributed by atoms with Gasteiger partial charge in [-0.25, -0.2) is 0 Å². The first-order valence-electron chi connectivity index (χ1n) is 8.03. The number of benzene rings is 1. The monoisotopic (exact) mass is 315 g/mol. The van der Waals surface area contributed by atoms with Gasteiger partial charge >= 0.3 is 5.97 Å². The molecule has 2 heterocycles. The smallest absolute Gasteiger partial charge is 0.306 e. The molecular weight excluding hydrogens is 294 g/mol. The van der Waals surface area contributed by atoms with Gasteiger partial charge in [-0.1, -0.05) is 19.9 Å². The van der Waals surface area contributed by atoms with Crippen molar-refractivity contribution in [2.75, 3.05) is 13.1 Å². The zero-order chi connectivity index (χ0) is 16.6. The van der Waals surface area contributed by atoms with Crippen LogP contribution >= 0.6 is 0 Å². The first-order chi connectivity index (χ1) is 11.0. The quantitative estimate of drug-likeness (QED) is 0.944. The number of hydrogen-bond donors (Lipinski definition) is 1. The summed E-state index contributed by atoms with van der Waals surface area (Å²) in [6, 6.07) is 5.89. The van der Waals surface area contributed by atoms with E-state index in [0.717, 1.165) is 17.4 Å². The van der Waals surface area contributed by atoms with Gasteiger partial charge in [0.25, 0.3) is 5.91 Å². The van der Waals surface area contributed by atoms with Crippen LogP contribution in [0.15, 0.2) is 28.9 Å². The molecule has 0 saturated carbocycles. The van der Waals surface area contributed by atoms with Gasteiger partial charge in [-0.15, -0.1) is 0 Å². The van der Waals surface area contributed by atoms with Crippen LogP contribution in [-0.2, 0) is 11.2 Å². The number of fused-ring (bicyclic) bond motifs is 1. The second-order valence-corrected chi connectivity index (χ2v) is 6.30. The van der Waals surface area contributed by atoms with Gasteiger partial charge in [-0.3, -0.25) is 9.59 Å². The van der Waals surface area contributed by atoms with Gasteiger partial charge in [0.15, 0.2) is 0 Å². The number of piperidine rings is 1. The summed E-state index contributed by atoms with van der Waals surface area (Å²) in [5.41, 5.74) is 2.43. The fourth-order valence-corrected chi connectivity index (χ4v) is 3.33. The molecule has 0 spiro atoms. The van der Waals surface area contributed by atoms with Gasteiger partial charge in [0.1, 0.15) is 11.8 Å². The third kappa shape index (κ3) is 2.83. The van der Waals surface area contributed by atoms with E-state index in [-0.39, 0.29) is 17.7 Å². The zero-order valence-electron chi connectivity index (χ0n) is 13.4. The predicted octanol–water partition coefficient (Wildman–Crippen LogP) is 3.18. The number of carboxylic acids is 1. The molecule has 0 aliphatic carbocycles. The van der Waals surface area contributed by atoms with E-state index in [1.54, 1.807) is 4.90 Å². The van der Waals surface area contributed by atoms with Crippen molar-refractivity contribution in [2.24, 2.45) is 11.8 Å². The number of aliphatic carboxylic acids is 1. The van der Waals surface area contributed by atoms with Crippen molar-refractivity contribution >= 4 is 22.8 Å². The van der Waals surface area contributed by atoms with Crippen molar-refractivity contribution in [1.29, 1.82) is 0 Å². The highest BCUT2D eigenvalue weighted by Gasteiger charge is 2.34. The third-order valence-corrected chi connectivity index (χ3v) is 4.79. The predicted molar refractivity (Wildman–Crippen MR) is 86.4 cm³/mol. The maximum atomic E-state index is 12.8. The maximum absolute atomic E-state index is 12.8. The van der Waals surface area contributed by atoms with Crippen molar-refractivity contribution in [2.45, 2.75) is 26.7 Å². The Kier molecular flexibility index (Phi) is 4.11. The second kappa shape index (κ2) is 6.07. The van der Waals surface area contributed by atoms with Crippen LogP contribution in [-0.4, -0.2) is 35.0 Å². The highest BCUT2D eigenvalue weighted by molar-refractivity contribution is 6.06. The topological polar surface area (TPSA) is 70.8 Å². The van der Waals surface area contributed by atoms with Gasteiger partial charge in [0.2, 0.25) is 0 Å². The van der Waals surface area contributed by atoms with Crippen LogP contribution in [0.3, 0.4) is 0 Å². The lowest BCUT2D eigenvalue weighted by atomic mass is 9.87. The molecule has 1 N–H and O–H groups in total. The second-order valence-electron chi connectivity index (χ2n) is 6.30. The highest BCUT2D eigenvalue weighted by atomic mass is 16.4. The van der Waals surface area contributed by atoms with Gasteiger partial charge in [0, 0.05) is 18.5 Å². The number of hydrogen-bond acceptors (Lipinski definition) is 3. The number of amides is 1. The molecule has 1 aromatic carbocycles. The molecule has 23 heavy (non-hydrogen) atoms. The number of nitrogens with zero attached hydrogens (tertiary/aromatic N) is 1. The SMILES string of the molecule is CCc1ccc2occ(C(=O)N3CCC(C(=O)O)C(C)C3)c2c1. The fourth-order valence-electron chi connectivity index (χ4n) is 3.33. The minimum atomic E-state index is -0.772. The molecule has 1 aliphatic heterocycles. The molecule has 2 unspecified atom stereocenters. The minimum absolute atomic E-state index is 0.0467. The molecule has 5 heteroatoms. The molecule has 3 rings (SSSR count). The Hall–Kier alpha value is -2.30. The van der Waals surface area contributed by atoms with E-state index in [2.05, 4.69) is 6.92 Å². The lowest BCUT2D eigenvalue weighted by Gasteiger charge is -2.34. The molecule has 2 aromatic rings. The number of aryl methyl sites for hydroxylation is 1. The number of carbonyl (C=O) groups excluding carboxylic acids is 1. The Morgan fingerprint density at radius 1 is 1.39 bits per heavy atom. The largest absolute Gasteiger partial charge is 0.481 e. The van der Waals surface area contributed by atoms with Crippen molar-refractivity contribution < 1.29 is 19.1 Å². The van der Waals surface area contributed by atoms with Crippen LogP contribution < -0.4 is 0 Å². The standard InChI is InChI=1S/C18H21NO4/c1-3-12-4-5-16-14(8-12)15(10-23-16)17(20)19-7-6-13(18(21)22)11(2)9-19/h4-5,8,10-11,13H,3,6-7,9H2,1-2H3,(H,21,22). The molecule has 0 bridgehead atoms. The van der Waals surface area contributed by atoms with Gasteiger partial charge in [-0.2, -0.15) is 0 Å². The molecular formula is C18H21NO4. The van der Waals surface area contributed by atoms with Crippen molar-refractivity contribution in [3.8, 4) is 0 Å². The molecule has 122 valence electrons. The fraction of sp³-hybridized carbons (Fsp3) is 0.444. The van der Waals surface area contributed by atoms with Crippen LogP contribution in [0.2, 0.25) is 0 Å². The van der Waals surface area contributed by atoms with E-state index in [4.69, 9.17) is 4.42 Å². The van der Waals surface area contributed by atoms with Crippen LogP contribution in [0.5, 0.6) is 0 Å². The number of rotatable bonds is 3. The summed E-state index contributed by atoms with van der Waals surface area (Å²) < 4.78 is 5.51. The summed E-state index contributed by atoms with van der Waals surface area (Å²) in [7, 11) is 0. The summed E-state index contributed by atoms with van der Waals surface area (Å²) in [5.74, 6) is -1.26. The van der Waals surface area contributed by atoms with E-state index in [1.807, 2.05) is 25.1 Å². The van der Waals surface area contributed by atoms with Crippen LogP contribution in [0.1, 0.15) is 36.2 Å². The Labute approximate surface area is 134 Å². The Morgan fingerprint density at radius 3 is 2.83 bits per heavy atom. The van der Waals surface area contributed by atoms with Gasteiger partial charge in [0.05, 0.1) is 11.5 Å². The van der Waals surface area contributed by atoms with E-state index in [1.165, 1.54) is 6.26 Å². The molecule has 1 aliphatic rings. The lowest BCUT2D eigenvalue weighted by molar-refractivity contribution is -0.145. The van der Waals surface area contributed by atoms with Crippen molar-refractivity contribution in [1.82, 2.24) is 4.90 Å². The Bertz CT molecular complexity index is 749. The highest BCUT2D eigenvalue weighted by Crippen LogP contribution is 2.28.